The van der Waals surface area contributed by atoms with Gasteiger partial charge in [-0.05, 0) is 29.3 Å². The number of rotatable bonds is 3. The smallest absolute Gasteiger partial charge is 0.123 e. The molecule has 1 heterocycles. The maximum atomic E-state index is 13.5. The van der Waals surface area contributed by atoms with Gasteiger partial charge in [-0.3, -0.25) is 4.90 Å². The van der Waals surface area contributed by atoms with Crippen LogP contribution in [0.5, 0.6) is 0 Å². The fourth-order valence-electron chi connectivity index (χ4n) is 3.08. The molecular weight excluding hydrogens is 265 g/mol. The van der Waals surface area contributed by atoms with E-state index in [4.69, 9.17) is 11.5 Å². The molecule has 110 valence electrons. The molecular formula is C17H20FN3. The minimum Gasteiger partial charge on any atom is -0.398 e. The normalized spacial score (nSPS) is 22.6. The van der Waals surface area contributed by atoms with Gasteiger partial charge in [-0.15, -0.1) is 0 Å². The number of hydrogen-bond donors (Lipinski definition) is 2. The third-order valence-corrected chi connectivity index (χ3v) is 4.14. The number of halogens is 1. The molecule has 2 atom stereocenters. The van der Waals surface area contributed by atoms with Crippen LogP contribution in [0.4, 0.5) is 10.1 Å². The number of hydrogen-bond acceptors (Lipinski definition) is 3. The largest absolute Gasteiger partial charge is 0.398 e. The lowest BCUT2D eigenvalue weighted by Crippen LogP contribution is -2.29. The van der Waals surface area contributed by atoms with Crippen molar-refractivity contribution < 1.29 is 4.39 Å². The first kappa shape index (κ1) is 14.0. The highest BCUT2D eigenvalue weighted by atomic mass is 19.1. The van der Waals surface area contributed by atoms with Crippen molar-refractivity contribution in [2.75, 3.05) is 18.8 Å². The molecule has 4 N–H and O–H groups in total. The average Bonchev–Trinajstić information content (AvgIpc) is 2.83. The summed E-state index contributed by atoms with van der Waals surface area (Å²) in [6.45, 7) is 2.47. The van der Waals surface area contributed by atoms with Gasteiger partial charge in [0.25, 0.3) is 0 Å². The second-order valence-electron chi connectivity index (χ2n) is 5.72. The topological polar surface area (TPSA) is 55.3 Å². The van der Waals surface area contributed by atoms with Crippen LogP contribution in [0, 0.1) is 5.82 Å². The molecule has 0 bridgehead atoms. The fourth-order valence-corrected chi connectivity index (χ4v) is 3.08. The van der Waals surface area contributed by atoms with Gasteiger partial charge in [-0.1, -0.05) is 30.3 Å². The number of nitrogens with two attached hydrogens (primary N) is 2. The Kier molecular flexibility index (Phi) is 3.90. The van der Waals surface area contributed by atoms with Gasteiger partial charge in [0.2, 0.25) is 0 Å². The van der Waals surface area contributed by atoms with Gasteiger partial charge in [0.05, 0.1) is 0 Å². The molecule has 2 aromatic carbocycles. The van der Waals surface area contributed by atoms with Crippen LogP contribution in [0.3, 0.4) is 0 Å². The van der Waals surface area contributed by atoms with Crippen molar-refractivity contribution >= 4 is 5.69 Å². The Labute approximate surface area is 124 Å². The van der Waals surface area contributed by atoms with Gasteiger partial charge in [0.15, 0.2) is 0 Å². The van der Waals surface area contributed by atoms with Crippen LogP contribution < -0.4 is 11.5 Å². The number of nitrogen functional groups attached to an aromatic ring is 1. The van der Waals surface area contributed by atoms with E-state index in [0.29, 0.717) is 5.69 Å². The van der Waals surface area contributed by atoms with E-state index in [2.05, 4.69) is 17.0 Å². The van der Waals surface area contributed by atoms with Crippen molar-refractivity contribution in [3.63, 3.8) is 0 Å². The van der Waals surface area contributed by atoms with Crippen molar-refractivity contribution in [3.8, 4) is 0 Å². The standard InChI is InChI=1S/C17H20FN3/c18-13-6-7-16(19)14(8-13)15-10-21(11-17(15)20)9-12-4-2-1-3-5-12/h1-8,15,17H,9-11,19-20H2. The number of nitrogens with zero attached hydrogens (tertiary/aromatic N) is 1. The molecule has 0 spiro atoms. The van der Waals surface area contributed by atoms with Crippen LogP contribution in [-0.2, 0) is 6.54 Å². The first-order valence-electron chi connectivity index (χ1n) is 7.20. The van der Waals surface area contributed by atoms with Crippen molar-refractivity contribution in [1.82, 2.24) is 4.90 Å². The molecule has 2 aromatic rings. The number of anilines is 1. The van der Waals surface area contributed by atoms with E-state index in [1.54, 1.807) is 6.07 Å². The molecule has 1 fully saturated rings. The van der Waals surface area contributed by atoms with E-state index in [-0.39, 0.29) is 17.8 Å². The van der Waals surface area contributed by atoms with Gasteiger partial charge in [-0.25, -0.2) is 4.39 Å². The molecule has 0 aromatic heterocycles. The Bertz CT molecular complexity index is 615. The molecule has 4 heteroatoms. The Morgan fingerprint density at radius 3 is 2.62 bits per heavy atom. The molecule has 3 nitrogen and oxygen atoms in total. The molecule has 0 radical (unpaired) electrons. The van der Waals surface area contributed by atoms with Gasteiger partial charge < -0.3 is 11.5 Å². The first-order chi connectivity index (χ1) is 10.1. The van der Waals surface area contributed by atoms with Crippen LogP contribution >= 0.6 is 0 Å². The zero-order chi connectivity index (χ0) is 14.8. The maximum Gasteiger partial charge on any atom is 0.123 e. The minimum atomic E-state index is -0.257. The van der Waals surface area contributed by atoms with Crippen molar-refractivity contribution in [2.45, 2.75) is 18.5 Å². The number of likely N-dealkylation sites (tertiary alicyclic amines) is 1. The van der Waals surface area contributed by atoms with Crippen LogP contribution in [0.15, 0.2) is 48.5 Å². The molecule has 0 saturated carbocycles. The first-order valence-corrected chi connectivity index (χ1v) is 7.20. The van der Waals surface area contributed by atoms with Crippen molar-refractivity contribution in [1.29, 1.82) is 0 Å². The van der Waals surface area contributed by atoms with E-state index in [0.717, 1.165) is 25.2 Å². The molecule has 1 saturated heterocycles. The molecule has 1 aliphatic heterocycles. The summed E-state index contributed by atoms with van der Waals surface area (Å²) < 4.78 is 13.5. The van der Waals surface area contributed by atoms with E-state index in [1.165, 1.54) is 17.7 Å². The zero-order valence-corrected chi connectivity index (χ0v) is 11.9. The lowest BCUT2D eigenvalue weighted by Gasteiger charge is -2.17. The fraction of sp³-hybridized carbons (Fsp3) is 0.294. The van der Waals surface area contributed by atoms with Gasteiger partial charge in [0, 0.05) is 37.3 Å². The molecule has 2 unspecified atom stereocenters. The predicted octanol–water partition coefficient (Wildman–Crippen LogP) is 2.33. The average molecular weight is 285 g/mol. The Morgan fingerprint density at radius 1 is 1.10 bits per heavy atom. The monoisotopic (exact) mass is 285 g/mol. The van der Waals surface area contributed by atoms with Crippen LogP contribution in [-0.4, -0.2) is 24.0 Å². The highest BCUT2D eigenvalue weighted by molar-refractivity contribution is 5.50. The maximum absolute atomic E-state index is 13.5. The van der Waals surface area contributed by atoms with Gasteiger partial charge in [-0.2, -0.15) is 0 Å². The summed E-state index contributed by atoms with van der Waals surface area (Å²) in [6.07, 6.45) is 0. The summed E-state index contributed by atoms with van der Waals surface area (Å²) in [5.41, 5.74) is 15.0. The predicted molar refractivity (Wildman–Crippen MR) is 83.2 cm³/mol. The molecule has 3 rings (SSSR count). The van der Waals surface area contributed by atoms with Crippen LogP contribution in [0.25, 0.3) is 0 Å². The summed E-state index contributed by atoms with van der Waals surface area (Å²) in [5.74, 6) is -0.169. The minimum absolute atomic E-state index is 0.0159. The summed E-state index contributed by atoms with van der Waals surface area (Å²) in [6, 6.07) is 14.8. The van der Waals surface area contributed by atoms with Gasteiger partial charge in [0.1, 0.15) is 5.82 Å². The second-order valence-corrected chi connectivity index (χ2v) is 5.72. The lowest BCUT2D eigenvalue weighted by molar-refractivity contribution is 0.324. The van der Waals surface area contributed by atoms with Crippen LogP contribution in [0.1, 0.15) is 17.0 Å². The summed E-state index contributed by atoms with van der Waals surface area (Å²) >= 11 is 0. The second kappa shape index (κ2) is 5.84. The van der Waals surface area contributed by atoms with E-state index < -0.39 is 0 Å². The van der Waals surface area contributed by atoms with Gasteiger partial charge >= 0.3 is 0 Å². The highest BCUT2D eigenvalue weighted by Gasteiger charge is 2.32. The molecule has 21 heavy (non-hydrogen) atoms. The summed E-state index contributed by atoms with van der Waals surface area (Å²) in [4.78, 5) is 2.30. The van der Waals surface area contributed by atoms with E-state index in [1.807, 2.05) is 18.2 Å². The van der Waals surface area contributed by atoms with E-state index >= 15 is 0 Å². The quantitative estimate of drug-likeness (QED) is 0.851. The van der Waals surface area contributed by atoms with E-state index in [9.17, 15) is 4.39 Å². The third kappa shape index (κ3) is 3.06. The Hall–Kier alpha value is -1.91. The van der Waals surface area contributed by atoms with Crippen molar-refractivity contribution in [2.24, 2.45) is 5.73 Å². The Balaban J connectivity index is 1.75. The Morgan fingerprint density at radius 2 is 1.86 bits per heavy atom. The molecule has 0 amide bonds. The van der Waals surface area contributed by atoms with Crippen LogP contribution in [0.2, 0.25) is 0 Å². The summed E-state index contributed by atoms with van der Waals surface area (Å²) in [7, 11) is 0. The highest BCUT2D eigenvalue weighted by Crippen LogP contribution is 2.31. The molecule has 1 aliphatic rings. The SMILES string of the molecule is Nc1ccc(F)cc1C1CN(Cc2ccccc2)CC1N. The zero-order valence-electron chi connectivity index (χ0n) is 11.9. The van der Waals surface area contributed by atoms with Crippen molar-refractivity contribution in [3.05, 3.63) is 65.5 Å². The summed E-state index contributed by atoms with van der Waals surface area (Å²) in [5, 5.41) is 0. The lowest BCUT2D eigenvalue weighted by atomic mass is 9.93. The third-order valence-electron chi connectivity index (χ3n) is 4.14. The molecule has 0 aliphatic carbocycles. The number of benzene rings is 2.